The quantitative estimate of drug-likeness (QED) is 0.817. The Kier molecular flexibility index (Phi) is 3.51. The molecule has 7 heteroatoms. The first-order valence-electron chi connectivity index (χ1n) is 7.66. The van der Waals surface area contributed by atoms with Crippen LogP contribution in [0.3, 0.4) is 0 Å². The Morgan fingerprint density at radius 2 is 1.96 bits per heavy atom. The number of hydrogen-bond donors (Lipinski definition) is 1. The first-order chi connectivity index (χ1) is 11.8. The van der Waals surface area contributed by atoms with Crippen molar-refractivity contribution in [3.05, 3.63) is 58.1 Å². The molecule has 4 rings (SSSR count). The van der Waals surface area contributed by atoms with Crippen LogP contribution < -0.4 is 4.74 Å². The number of ether oxygens (including phenoxy) is 1. The second kappa shape index (κ2) is 5.39. The van der Waals surface area contributed by atoms with Gasteiger partial charge < -0.3 is 9.84 Å². The number of aliphatic carboxylic acids is 1. The molecule has 0 heterocycles. The molecule has 3 nitrogen and oxygen atoms in total. The number of carboxylic acid groups (broad SMARTS) is 1. The highest BCUT2D eigenvalue weighted by Gasteiger charge is 2.59. The average molecular weight is 369 g/mol. The number of carbonyl (C=O) groups is 1. The third-order valence-electron chi connectivity index (χ3n) is 4.87. The Hall–Kier alpha value is -2.21. The van der Waals surface area contributed by atoms with E-state index in [-0.39, 0.29) is 28.5 Å². The Labute approximate surface area is 146 Å². The second-order valence-electron chi connectivity index (χ2n) is 6.36. The fourth-order valence-corrected chi connectivity index (χ4v) is 3.90. The molecule has 25 heavy (non-hydrogen) atoms. The largest absolute Gasteiger partial charge is 0.481 e. The number of benzene rings is 2. The Balaban J connectivity index is 1.55. The van der Waals surface area contributed by atoms with Crippen LogP contribution in [0, 0.1) is 11.8 Å². The Morgan fingerprint density at radius 3 is 2.60 bits per heavy atom. The van der Waals surface area contributed by atoms with Gasteiger partial charge in [-0.15, -0.1) is 0 Å². The minimum Gasteiger partial charge on any atom is -0.481 e. The fourth-order valence-electron chi connectivity index (χ4n) is 3.68. The molecular formula is C18H12ClF3O3. The highest BCUT2D eigenvalue weighted by Crippen LogP contribution is 2.61. The van der Waals surface area contributed by atoms with Crippen molar-refractivity contribution in [2.75, 3.05) is 0 Å². The van der Waals surface area contributed by atoms with Gasteiger partial charge in [-0.1, -0.05) is 17.7 Å². The van der Waals surface area contributed by atoms with Crippen molar-refractivity contribution in [2.24, 2.45) is 11.8 Å². The lowest BCUT2D eigenvalue weighted by atomic mass is 10.0. The van der Waals surface area contributed by atoms with Crippen molar-refractivity contribution in [2.45, 2.75) is 18.5 Å². The zero-order valence-corrected chi connectivity index (χ0v) is 13.4. The van der Waals surface area contributed by atoms with Gasteiger partial charge in [-0.3, -0.25) is 4.79 Å². The molecule has 0 saturated heterocycles. The number of rotatable bonds is 3. The molecule has 2 aromatic carbocycles. The Morgan fingerprint density at radius 1 is 1.20 bits per heavy atom. The molecule has 130 valence electrons. The third kappa shape index (κ3) is 2.74. The standard InChI is InChI=1S/C18H12ClF3O3/c19-13-7-9(18(20,21)22)1-4-14(13)25-10-2-3-11-8(5-10)6-12-15(11)16(12)17(23)24/h1-5,7,12,15-16H,6H2,(H,23,24)/t12-,15+,16+/m1/s1. The van der Waals surface area contributed by atoms with Crippen molar-refractivity contribution in [1.82, 2.24) is 0 Å². The lowest BCUT2D eigenvalue weighted by Gasteiger charge is -2.13. The summed E-state index contributed by atoms with van der Waals surface area (Å²) in [4.78, 5) is 11.1. The van der Waals surface area contributed by atoms with Gasteiger partial charge in [0.15, 0.2) is 0 Å². The van der Waals surface area contributed by atoms with Gasteiger partial charge in [0.05, 0.1) is 16.5 Å². The van der Waals surface area contributed by atoms with Gasteiger partial charge in [0.2, 0.25) is 0 Å². The topological polar surface area (TPSA) is 46.5 Å². The van der Waals surface area contributed by atoms with Crippen molar-refractivity contribution in [1.29, 1.82) is 0 Å². The molecule has 0 unspecified atom stereocenters. The number of hydrogen-bond acceptors (Lipinski definition) is 2. The molecule has 0 bridgehead atoms. The van der Waals surface area contributed by atoms with Gasteiger partial charge in [0.1, 0.15) is 11.5 Å². The monoisotopic (exact) mass is 368 g/mol. The summed E-state index contributed by atoms with van der Waals surface area (Å²) in [5, 5.41) is 9.00. The molecule has 1 fully saturated rings. The molecule has 2 aromatic rings. The molecule has 0 spiro atoms. The predicted octanol–water partition coefficient (Wildman–Crippen LogP) is 5.12. The molecule has 2 aliphatic carbocycles. The summed E-state index contributed by atoms with van der Waals surface area (Å²) in [7, 11) is 0. The van der Waals surface area contributed by atoms with E-state index in [9.17, 15) is 18.0 Å². The number of alkyl halides is 3. The predicted molar refractivity (Wildman–Crippen MR) is 84.0 cm³/mol. The maximum absolute atomic E-state index is 12.7. The van der Waals surface area contributed by atoms with Crippen LogP contribution in [0.5, 0.6) is 11.5 Å². The van der Waals surface area contributed by atoms with Gasteiger partial charge in [0, 0.05) is 5.92 Å². The SMILES string of the molecule is O=C(O)[C@H]1[C@@H]2Cc3cc(Oc4ccc(C(F)(F)F)cc4Cl)ccc3[C@@H]21. The van der Waals surface area contributed by atoms with Crippen LogP contribution >= 0.6 is 11.6 Å². The van der Waals surface area contributed by atoms with Crippen LogP contribution in [0.25, 0.3) is 0 Å². The summed E-state index contributed by atoms with van der Waals surface area (Å²) in [5.74, 6) is -0.260. The van der Waals surface area contributed by atoms with E-state index < -0.39 is 17.7 Å². The van der Waals surface area contributed by atoms with Gasteiger partial charge in [-0.25, -0.2) is 0 Å². The van der Waals surface area contributed by atoms with Crippen molar-refractivity contribution >= 4 is 17.6 Å². The van der Waals surface area contributed by atoms with Gasteiger partial charge in [-0.2, -0.15) is 13.2 Å². The highest BCUT2D eigenvalue weighted by molar-refractivity contribution is 6.32. The van der Waals surface area contributed by atoms with E-state index in [4.69, 9.17) is 21.4 Å². The zero-order chi connectivity index (χ0) is 17.9. The average Bonchev–Trinajstić information content (AvgIpc) is 3.12. The molecule has 2 aliphatic rings. The van der Waals surface area contributed by atoms with Crippen LogP contribution in [0.4, 0.5) is 13.2 Å². The smallest absolute Gasteiger partial charge is 0.416 e. The van der Waals surface area contributed by atoms with E-state index in [1.807, 2.05) is 6.07 Å². The van der Waals surface area contributed by atoms with Crippen molar-refractivity contribution in [3.63, 3.8) is 0 Å². The van der Waals surface area contributed by atoms with E-state index in [1.165, 1.54) is 6.07 Å². The van der Waals surface area contributed by atoms with Gasteiger partial charge >= 0.3 is 12.1 Å². The van der Waals surface area contributed by atoms with E-state index in [2.05, 4.69) is 0 Å². The van der Waals surface area contributed by atoms with Crippen LogP contribution in [0.2, 0.25) is 5.02 Å². The minimum atomic E-state index is -4.46. The second-order valence-corrected chi connectivity index (χ2v) is 6.77. The molecule has 0 aliphatic heterocycles. The summed E-state index contributed by atoms with van der Waals surface area (Å²) in [5.41, 5.74) is 1.20. The zero-order valence-electron chi connectivity index (χ0n) is 12.7. The normalized spacial score (nSPS) is 23.8. The summed E-state index contributed by atoms with van der Waals surface area (Å²) < 4.78 is 43.6. The lowest BCUT2D eigenvalue weighted by Crippen LogP contribution is -2.05. The number of fused-ring (bicyclic) bond motifs is 3. The molecule has 0 amide bonds. The molecule has 1 N–H and O–H groups in total. The maximum atomic E-state index is 12.7. The first-order valence-corrected chi connectivity index (χ1v) is 8.04. The summed E-state index contributed by atoms with van der Waals surface area (Å²) >= 11 is 5.90. The van der Waals surface area contributed by atoms with Crippen LogP contribution in [0.1, 0.15) is 22.6 Å². The number of halogens is 4. The first kappa shape index (κ1) is 16.3. The van der Waals surface area contributed by atoms with Crippen LogP contribution in [0.15, 0.2) is 36.4 Å². The molecular weight excluding hydrogens is 357 g/mol. The van der Waals surface area contributed by atoms with Crippen LogP contribution in [-0.4, -0.2) is 11.1 Å². The van der Waals surface area contributed by atoms with Gasteiger partial charge in [-0.05, 0) is 53.8 Å². The lowest BCUT2D eigenvalue weighted by molar-refractivity contribution is -0.139. The molecule has 0 aromatic heterocycles. The summed E-state index contributed by atoms with van der Waals surface area (Å²) in [6.45, 7) is 0. The van der Waals surface area contributed by atoms with E-state index in [0.717, 1.165) is 23.3 Å². The summed E-state index contributed by atoms with van der Waals surface area (Å²) in [6.07, 6.45) is -3.79. The van der Waals surface area contributed by atoms with Gasteiger partial charge in [0.25, 0.3) is 0 Å². The minimum absolute atomic E-state index is 0.0659. The van der Waals surface area contributed by atoms with Crippen LogP contribution in [-0.2, 0) is 17.4 Å². The van der Waals surface area contributed by atoms with E-state index >= 15 is 0 Å². The highest BCUT2D eigenvalue weighted by atomic mass is 35.5. The summed E-state index contributed by atoms with van der Waals surface area (Å²) in [6, 6.07) is 8.26. The Bertz CT molecular complexity index is 878. The molecule has 0 radical (unpaired) electrons. The number of carboxylic acids is 1. The molecule has 1 saturated carbocycles. The molecule has 3 atom stereocenters. The van der Waals surface area contributed by atoms with Crippen molar-refractivity contribution < 1.29 is 27.8 Å². The fraction of sp³-hybridized carbons (Fsp3) is 0.278. The van der Waals surface area contributed by atoms with Crippen molar-refractivity contribution in [3.8, 4) is 11.5 Å². The third-order valence-corrected chi connectivity index (χ3v) is 5.17. The maximum Gasteiger partial charge on any atom is 0.416 e. The van der Waals surface area contributed by atoms with E-state index in [1.54, 1.807) is 12.1 Å². The van der Waals surface area contributed by atoms with E-state index in [0.29, 0.717) is 12.2 Å².